The summed E-state index contributed by atoms with van der Waals surface area (Å²) < 4.78 is 45.8. The van der Waals surface area contributed by atoms with Gasteiger partial charge in [0.1, 0.15) is 24.2 Å². The maximum atomic E-state index is 14.2. The summed E-state index contributed by atoms with van der Waals surface area (Å²) in [5.41, 5.74) is -1.43. The molecule has 0 aromatic heterocycles. The van der Waals surface area contributed by atoms with Crippen molar-refractivity contribution in [1.29, 1.82) is 0 Å². The van der Waals surface area contributed by atoms with Crippen LogP contribution in [0.1, 0.15) is 56.8 Å². The SMILES string of the molecule is CCOc1ccc(C(=O)O[C@H]2[C@@H]3[C@@]4(C)CC[C@H](OC)[C@@]35[C@@H]3C[C@H]6[C@H](OC)[C@@H]3[C@@]3(C[C@@H]6OC)OCO[C@]23[C@@H]5N(CC)C4)cc1. The Morgan fingerprint density at radius 3 is 2.53 bits per heavy atom. The Bertz CT molecular complexity index is 1280. The number of hydrogen-bond donors (Lipinski definition) is 0. The second-order valence-electron chi connectivity index (χ2n) is 14.4. The van der Waals surface area contributed by atoms with Crippen molar-refractivity contribution < 1.29 is 38.0 Å². The molecule has 0 amide bonds. The predicted molar refractivity (Wildman–Crippen MR) is 156 cm³/mol. The summed E-state index contributed by atoms with van der Waals surface area (Å²) in [6.45, 7) is 9.20. The summed E-state index contributed by atoms with van der Waals surface area (Å²) in [7, 11) is 5.52. The van der Waals surface area contributed by atoms with Gasteiger partial charge in [-0.2, -0.15) is 0 Å². The van der Waals surface area contributed by atoms with Gasteiger partial charge in [0.15, 0.2) is 5.60 Å². The van der Waals surface area contributed by atoms with Crippen molar-refractivity contribution in [2.24, 2.45) is 34.5 Å². The van der Waals surface area contributed by atoms with Crippen LogP contribution in [-0.2, 0) is 28.4 Å². The van der Waals surface area contributed by atoms with Crippen LogP contribution in [0, 0.1) is 34.5 Å². The fraction of sp³-hybridized carbons (Fsp3) is 0.794. The number of piperidine rings is 1. The minimum absolute atomic E-state index is 0.0120. The molecule has 2 heterocycles. The van der Waals surface area contributed by atoms with Crippen LogP contribution in [0.4, 0.5) is 0 Å². The summed E-state index contributed by atoms with van der Waals surface area (Å²) in [5.74, 6) is 1.11. The summed E-state index contributed by atoms with van der Waals surface area (Å²) in [6, 6.07) is 7.28. The molecule has 7 aliphatic rings. The average Bonchev–Trinajstić information content (AvgIpc) is 3.60. The smallest absolute Gasteiger partial charge is 0.338 e. The number of benzene rings is 1. The second-order valence-corrected chi connectivity index (χ2v) is 14.4. The lowest BCUT2D eigenvalue weighted by molar-refractivity contribution is -0.282. The highest BCUT2D eigenvalue weighted by atomic mass is 16.7. The van der Waals surface area contributed by atoms with Crippen LogP contribution in [0.25, 0.3) is 0 Å². The number of carbonyl (C=O) groups is 1. The van der Waals surface area contributed by atoms with Gasteiger partial charge in [0.2, 0.25) is 0 Å². The van der Waals surface area contributed by atoms with E-state index in [1.54, 1.807) is 12.1 Å². The Hall–Kier alpha value is -1.75. The first-order valence-corrected chi connectivity index (χ1v) is 16.4. The van der Waals surface area contributed by atoms with Gasteiger partial charge in [0, 0.05) is 57.5 Å². The Balaban J connectivity index is 1.35. The van der Waals surface area contributed by atoms with Gasteiger partial charge in [-0.25, -0.2) is 4.79 Å². The second kappa shape index (κ2) is 9.63. The fourth-order valence-electron chi connectivity index (χ4n) is 12.6. The fourth-order valence-corrected chi connectivity index (χ4v) is 12.6. The van der Waals surface area contributed by atoms with E-state index >= 15 is 0 Å². The number of nitrogens with zero attached hydrogens (tertiary/aromatic N) is 1. The molecule has 1 aromatic carbocycles. The zero-order chi connectivity index (χ0) is 29.9. The zero-order valence-corrected chi connectivity index (χ0v) is 26.4. The molecule has 3 spiro atoms. The quantitative estimate of drug-likeness (QED) is 0.414. The van der Waals surface area contributed by atoms with Crippen LogP contribution in [0.5, 0.6) is 5.75 Å². The third-order valence-electron chi connectivity index (χ3n) is 13.4. The van der Waals surface area contributed by atoms with Gasteiger partial charge in [-0.3, -0.25) is 4.90 Å². The van der Waals surface area contributed by atoms with Gasteiger partial charge in [-0.15, -0.1) is 0 Å². The first-order chi connectivity index (χ1) is 20.8. The van der Waals surface area contributed by atoms with Crippen molar-refractivity contribution in [3.63, 3.8) is 0 Å². The molecule has 7 bridgehead atoms. The monoisotopic (exact) mass is 597 g/mol. The zero-order valence-electron chi connectivity index (χ0n) is 26.4. The molecule has 2 saturated heterocycles. The molecule has 9 nitrogen and oxygen atoms in total. The maximum absolute atomic E-state index is 14.2. The Kier molecular flexibility index (Phi) is 6.43. The van der Waals surface area contributed by atoms with Crippen LogP contribution in [0.2, 0.25) is 0 Å². The number of likely N-dealkylation sites (tertiary alicyclic amines) is 1. The number of likely N-dealkylation sites (N-methyl/N-ethyl adjacent to an activating group) is 1. The predicted octanol–water partition coefficient (Wildman–Crippen LogP) is 3.93. The molecule has 0 radical (unpaired) electrons. The molecule has 2 aliphatic heterocycles. The third-order valence-corrected chi connectivity index (χ3v) is 13.4. The van der Waals surface area contributed by atoms with E-state index in [2.05, 4.69) is 18.7 Å². The number of rotatable bonds is 8. The lowest BCUT2D eigenvalue weighted by Gasteiger charge is -2.69. The maximum Gasteiger partial charge on any atom is 0.338 e. The van der Waals surface area contributed by atoms with E-state index in [4.69, 9.17) is 33.2 Å². The van der Waals surface area contributed by atoms with Crippen LogP contribution >= 0.6 is 0 Å². The van der Waals surface area contributed by atoms with Crippen molar-refractivity contribution in [3.8, 4) is 5.75 Å². The van der Waals surface area contributed by atoms with Crippen molar-refractivity contribution in [1.82, 2.24) is 4.90 Å². The van der Waals surface area contributed by atoms with E-state index in [0.717, 1.165) is 38.1 Å². The van der Waals surface area contributed by atoms with Gasteiger partial charge in [0.05, 0.1) is 36.5 Å². The molecular formula is C34H47NO8. The Morgan fingerprint density at radius 1 is 1.07 bits per heavy atom. The largest absolute Gasteiger partial charge is 0.494 e. The molecule has 0 N–H and O–H groups in total. The summed E-state index contributed by atoms with van der Waals surface area (Å²) in [6.07, 6.45) is 3.15. The van der Waals surface area contributed by atoms with E-state index in [-0.39, 0.29) is 71.6 Å². The standard InChI is InChI=1S/C34H47NO8/c1-7-35-17-31(3)14-13-24(38-5)33-22-15-21-23(37-4)16-32(25(22)26(21)39-6)34(30(33)35,42-18-41-32)28(27(31)33)43-29(36)19-9-11-20(12-10-19)40-8-2/h9-12,21-28,30H,7-8,13-18H2,1-6H3/t21-,22-,23+,24+,25-,26+,27-,28+,30-,31+,32-,33+,34+/m1/s1. The summed E-state index contributed by atoms with van der Waals surface area (Å²) in [4.78, 5) is 16.8. The highest BCUT2D eigenvalue weighted by Gasteiger charge is 2.94. The Labute approximate surface area is 254 Å². The minimum atomic E-state index is -0.877. The van der Waals surface area contributed by atoms with E-state index < -0.39 is 17.3 Å². The number of hydrogen-bond acceptors (Lipinski definition) is 9. The molecule has 0 unspecified atom stereocenters. The van der Waals surface area contributed by atoms with Crippen molar-refractivity contribution in [2.75, 3.05) is 47.8 Å². The van der Waals surface area contributed by atoms with Gasteiger partial charge in [0.25, 0.3) is 0 Å². The topological polar surface area (TPSA) is 84.9 Å². The van der Waals surface area contributed by atoms with Crippen molar-refractivity contribution in [2.45, 2.75) is 88.1 Å². The number of ether oxygens (including phenoxy) is 7. The van der Waals surface area contributed by atoms with E-state index in [1.807, 2.05) is 40.4 Å². The summed E-state index contributed by atoms with van der Waals surface area (Å²) in [5, 5.41) is 0. The van der Waals surface area contributed by atoms with E-state index in [1.165, 1.54) is 0 Å². The molecule has 5 saturated carbocycles. The van der Waals surface area contributed by atoms with Gasteiger partial charge in [-0.05, 0) is 68.3 Å². The molecule has 8 rings (SSSR count). The third kappa shape index (κ3) is 3.17. The van der Waals surface area contributed by atoms with Crippen LogP contribution in [0.15, 0.2) is 24.3 Å². The number of fused-ring (bicyclic) bond motifs is 1. The highest BCUT2D eigenvalue weighted by molar-refractivity contribution is 5.89. The van der Waals surface area contributed by atoms with Crippen molar-refractivity contribution in [3.05, 3.63) is 29.8 Å². The Morgan fingerprint density at radius 2 is 1.86 bits per heavy atom. The van der Waals surface area contributed by atoms with Crippen LogP contribution in [-0.4, -0.2) is 100 Å². The number of carbonyl (C=O) groups excluding carboxylic acids is 1. The lowest BCUT2D eigenvalue weighted by atomic mass is 9.43. The van der Waals surface area contributed by atoms with Crippen LogP contribution < -0.4 is 4.74 Å². The van der Waals surface area contributed by atoms with Crippen molar-refractivity contribution >= 4 is 5.97 Å². The highest BCUT2D eigenvalue weighted by Crippen LogP contribution is 2.82. The molecule has 43 heavy (non-hydrogen) atoms. The molecule has 13 atom stereocenters. The minimum Gasteiger partial charge on any atom is -0.494 e. The number of esters is 1. The van der Waals surface area contributed by atoms with Gasteiger partial charge >= 0.3 is 5.97 Å². The van der Waals surface area contributed by atoms with Crippen LogP contribution in [0.3, 0.4) is 0 Å². The normalized spacial score (nSPS) is 50.4. The summed E-state index contributed by atoms with van der Waals surface area (Å²) >= 11 is 0. The first kappa shape index (κ1) is 28.7. The lowest BCUT2D eigenvalue weighted by Crippen LogP contribution is -2.81. The van der Waals surface area contributed by atoms with E-state index in [0.29, 0.717) is 18.6 Å². The molecule has 1 aromatic rings. The molecule has 5 aliphatic carbocycles. The van der Waals surface area contributed by atoms with E-state index in [9.17, 15) is 4.79 Å². The van der Waals surface area contributed by atoms with Gasteiger partial charge < -0.3 is 33.2 Å². The number of methoxy groups -OCH3 is 3. The first-order valence-electron chi connectivity index (χ1n) is 16.4. The molecule has 7 fully saturated rings. The molecule has 236 valence electrons. The van der Waals surface area contributed by atoms with Gasteiger partial charge in [-0.1, -0.05) is 13.8 Å². The molecular weight excluding hydrogens is 550 g/mol. The average molecular weight is 598 g/mol. The molecule has 9 heteroatoms.